The second-order valence-corrected chi connectivity index (χ2v) is 6.56. The second-order valence-electron chi connectivity index (χ2n) is 6.16. The summed E-state index contributed by atoms with van der Waals surface area (Å²) in [6.07, 6.45) is 0. The molecule has 1 fully saturated rings. The van der Waals surface area contributed by atoms with Gasteiger partial charge < -0.3 is 24.4 Å². The molecule has 7 nitrogen and oxygen atoms in total. The van der Waals surface area contributed by atoms with Crippen LogP contribution >= 0.6 is 12.2 Å². The number of hydrogen-bond donors (Lipinski definition) is 2. The molecule has 148 valence electrons. The van der Waals surface area contributed by atoms with Crippen molar-refractivity contribution in [1.29, 1.82) is 0 Å². The van der Waals surface area contributed by atoms with Gasteiger partial charge in [-0.3, -0.25) is 10.1 Å². The molecule has 1 amide bonds. The molecule has 1 aliphatic rings. The van der Waals surface area contributed by atoms with E-state index >= 15 is 0 Å². The van der Waals surface area contributed by atoms with Crippen LogP contribution in [0.5, 0.6) is 11.5 Å². The fourth-order valence-electron chi connectivity index (χ4n) is 2.85. The minimum Gasteiger partial charge on any atom is -0.497 e. The predicted molar refractivity (Wildman–Crippen MR) is 113 cm³/mol. The zero-order chi connectivity index (χ0) is 19.9. The average molecular weight is 401 g/mol. The van der Waals surface area contributed by atoms with Crippen LogP contribution < -0.4 is 25.0 Å². The van der Waals surface area contributed by atoms with Gasteiger partial charge in [-0.1, -0.05) is 0 Å². The van der Waals surface area contributed by atoms with E-state index in [1.807, 2.05) is 24.3 Å². The molecule has 2 aromatic carbocycles. The van der Waals surface area contributed by atoms with Crippen molar-refractivity contribution in [2.75, 3.05) is 50.7 Å². The smallest absolute Gasteiger partial charge is 0.257 e. The Morgan fingerprint density at radius 3 is 2.21 bits per heavy atom. The quantitative estimate of drug-likeness (QED) is 0.747. The third-order valence-corrected chi connectivity index (χ3v) is 4.55. The lowest BCUT2D eigenvalue weighted by Gasteiger charge is -2.28. The molecule has 1 heterocycles. The monoisotopic (exact) mass is 401 g/mol. The summed E-state index contributed by atoms with van der Waals surface area (Å²) in [5, 5.41) is 5.91. The van der Waals surface area contributed by atoms with Gasteiger partial charge in [0.05, 0.1) is 27.4 Å². The van der Waals surface area contributed by atoms with Gasteiger partial charge in [-0.25, -0.2) is 0 Å². The predicted octanol–water partition coefficient (Wildman–Crippen LogP) is 2.67. The van der Waals surface area contributed by atoms with Crippen molar-refractivity contribution < 1.29 is 19.0 Å². The first-order chi connectivity index (χ1) is 13.6. The summed E-state index contributed by atoms with van der Waals surface area (Å²) in [5.74, 6) is 0.712. The van der Waals surface area contributed by atoms with Crippen LogP contribution in [0.2, 0.25) is 0 Å². The standard InChI is InChI=1S/C20H23N3O4S/c1-25-17-11-14(12-18(13-17)26-2)19(24)22-20(28)21-15-3-5-16(6-4-15)23-7-9-27-10-8-23/h3-6,11-13H,7-10H2,1-2H3,(H2,21,22,24,28). The molecular weight excluding hydrogens is 378 g/mol. The van der Waals surface area contributed by atoms with Gasteiger partial charge in [-0.2, -0.15) is 0 Å². The Labute approximate surface area is 169 Å². The molecule has 0 saturated carbocycles. The molecule has 2 aromatic rings. The molecule has 0 aliphatic carbocycles. The number of carbonyl (C=O) groups is 1. The highest BCUT2D eigenvalue weighted by atomic mass is 32.1. The SMILES string of the molecule is COc1cc(OC)cc(C(=O)NC(=S)Nc2ccc(N3CCOCC3)cc2)c1. The van der Waals surface area contributed by atoms with E-state index in [4.69, 9.17) is 26.4 Å². The molecule has 28 heavy (non-hydrogen) atoms. The fraction of sp³-hybridized carbons (Fsp3) is 0.300. The van der Waals surface area contributed by atoms with Crippen LogP contribution in [-0.4, -0.2) is 51.5 Å². The zero-order valence-corrected chi connectivity index (χ0v) is 16.7. The van der Waals surface area contributed by atoms with E-state index < -0.39 is 0 Å². The molecule has 0 spiro atoms. The molecule has 0 unspecified atom stereocenters. The van der Waals surface area contributed by atoms with Gasteiger partial charge >= 0.3 is 0 Å². The van der Waals surface area contributed by atoms with Crippen molar-refractivity contribution in [1.82, 2.24) is 5.32 Å². The van der Waals surface area contributed by atoms with Crippen molar-refractivity contribution in [3.05, 3.63) is 48.0 Å². The Morgan fingerprint density at radius 1 is 1.04 bits per heavy atom. The summed E-state index contributed by atoms with van der Waals surface area (Å²) in [6, 6.07) is 12.8. The lowest BCUT2D eigenvalue weighted by molar-refractivity contribution is 0.0977. The van der Waals surface area contributed by atoms with Crippen molar-refractivity contribution in [3.63, 3.8) is 0 Å². The number of methoxy groups -OCH3 is 2. The summed E-state index contributed by atoms with van der Waals surface area (Å²) < 4.78 is 15.8. The first kappa shape index (κ1) is 19.9. The number of morpholine rings is 1. The number of nitrogens with zero attached hydrogens (tertiary/aromatic N) is 1. The minimum absolute atomic E-state index is 0.214. The molecule has 3 rings (SSSR count). The first-order valence-corrected chi connectivity index (χ1v) is 9.28. The maximum atomic E-state index is 12.5. The molecule has 0 atom stereocenters. The third kappa shape index (κ3) is 5.11. The van der Waals surface area contributed by atoms with Gasteiger partial charge in [0, 0.05) is 36.1 Å². The molecule has 2 N–H and O–H groups in total. The topological polar surface area (TPSA) is 72.1 Å². The van der Waals surface area contributed by atoms with Crippen LogP contribution in [0.3, 0.4) is 0 Å². The second kappa shape index (κ2) is 9.38. The van der Waals surface area contributed by atoms with Gasteiger partial charge in [-0.05, 0) is 48.6 Å². The first-order valence-electron chi connectivity index (χ1n) is 8.87. The number of anilines is 2. The van der Waals surface area contributed by atoms with E-state index in [1.165, 1.54) is 14.2 Å². The highest BCUT2D eigenvalue weighted by molar-refractivity contribution is 7.80. The Hall–Kier alpha value is -2.84. The van der Waals surface area contributed by atoms with E-state index in [9.17, 15) is 4.79 Å². The van der Waals surface area contributed by atoms with E-state index in [0.717, 1.165) is 37.7 Å². The van der Waals surface area contributed by atoms with E-state index in [0.29, 0.717) is 17.1 Å². The molecule has 0 bridgehead atoms. The summed E-state index contributed by atoms with van der Waals surface area (Å²) in [4.78, 5) is 14.7. The Kier molecular flexibility index (Phi) is 6.67. The normalized spacial score (nSPS) is 13.6. The van der Waals surface area contributed by atoms with Crippen LogP contribution in [-0.2, 0) is 4.74 Å². The lowest BCUT2D eigenvalue weighted by atomic mass is 10.2. The van der Waals surface area contributed by atoms with Gasteiger partial charge in [-0.15, -0.1) is 0 Å². The highest BCUT2D eigenvalue weighted by Gasteiger charge is 2.13. The maximum absolute atomic E-state index is 12.5. The summed E-state index contributed by atoms with van der Waals surface area (Å²) in [7, 11) is 3.06. The van der Waals surface area contributed by atoms with Gasteiger partial charge in [0.1, 0.15) is 11.5 Å². The number of benzene rings is 2. The van der Waals surface area contributed by atoms with Crippen LogP contribution in [0.15, 0.2) is 42.5 Å². The minimum atomic E-state index is -0.348. The number of thiocarbonyl (C=S) groups is 1. The average Bonchev–Trinajstić information content (AvgIpc) is 2.74. The molecular formula is C20H23N3O4S. The van der Waals surface area contributed by atoms with Crippen LogP contribution in [0, 0.1) is 0 Å². The third-order valence-electron chi connectivity index (χ3n) is 4.34. The van der Waals surface area contributed by atoms with Crippen molar-refractivity contribution >= 4 is 34.6 Å². The summed E-state index contributed by atoms with van der Waals surface area (Å²) >= 11 is 5.26. The lowest BCUT2D eigenvalue weighted by Crippen LogP contribution is -2.36. The van der Waals surface area contributed by atoms with Crippen molar-refractivity contribution in [3.8, 4) is 11.5 Å². The van der Waals surface area contributed by atoms with Crippen molar-refractivity contribution in [2.24, 2.45) is 0 Å². The zero-order valence-electron chi connectivity index (χ0n) is 15.9. The number of nitrogens with one attached hydrogen (secondary N) is 2. The maximum Gasteiger partial charge on any atom is 0.257 e. The molecule has 0 aromatic heterocycles. The van der Waals surface area contributed by atoms with Gasteiger partial charge in [0.25, 0.3) is 5.91 Å². The van der Waals surface area contributed by atoms with E-state index in [1.54, 1.807) is 18.2 Å². The van der Waals surface area contributed by atoms with E-state index in [2.05, 4.69) is 15.5 Å². The highest BCUT2D eigenvalue weighted by Crippen LogP contribution is 2.22. The van der Waals surface area contributed by atoms with Gasteiger partial charge in [0.15, 0.2) is 5.11 Å². The Morgan fingerprint density at radius 2 is 1.64 bits per heavy atom. The number of ether oxygens (including phenoxy) is 3. The van der Waals surface area contributed by atoms with Gasteiger partial charge in [0.2, 0.25) is 0 Å². The number of carbonyl (C=O) groups excluding carboxylic acids is 1. The Balaban J connectivity index is 1.59. The molecule has 0 radical (unpaired) electrons. The number of rotatable bonds is 5. The fourth-order valence-corrected chi connectivity index (χ4v) is 3.06. The number of hydrogen-bond acceptors (Lipinski definition) is 6. The largest absolute Gasteiger partial charge is 0.497 e. The molecule has 8 heteroatoms. The number of amides is 1. The summed E-state index contributed by atoms with van der Waals surface area (Å²) in [6.45, 7) is 3.24. The van der Waals surface area contributed by atoms with Crippen LogP contribution in [0.25, 0.3) is 0 Å². The van der Waals surface area contributed by atoms with E-state index in [-0.39, 0.29) is 11.0 Å². The van der Waals surface area contributed by atoms with Crippen LogP contribution in [0.4, 0.5) is 11.4 Å². The molecule has 1 aliphatic heterocycles. The summed E-state index contributed by atoms with van der Waals surface area (Å²) in [5.41, 5.74) is 2.32. The molecule has 1 saturated heterocycles. The van der Waals surface area contributed by atoms with Crippen LogP contribution in [0.1, 0.15) is 10.4 Å². The van der Waals surface area contributed by atoms with Crippen molar-refractivity contribution in [2.45, 2.75) is 0 Å². The Bertz CT molecular complexity index is 814.